The first kappa shape index (κ1) is 21.2. The second kappa shape index (κ2) is 9.82. The number of anilines is 2. The first-order valence-corrected chi connectivity index (χ1v) is 10.3. The Morgan fingerprint density at radius 3 is 2.66 bits per heavy atom. The van der Waals surface area contributed by atoms with E-state index in [4.69, 9.17) is 0 Å². The van der Waals surface area contributed by atoms with Crippen LogP contribution in [0.15, 0.2) is 0 Å². The molecule has 1 aliphatic carbocycles. The maximum atomic E-state index is 14.8. The molecule has 0 spiro atoms. The van der Waals surface area contributed by atoms with Crippen LogP contribution in [-0.2, 0) is 16.0 Å². The van der Waals surface area contributed by atoms with Crippen LogP contribution in [-0.4, -0.2) is 52.2 Å². The van der Waals surface area contributed by atoms with E-state index >= 15 is 0 Å². The number of aromatic nitrogens is 2. The number of carbonyl (C=O) groups excluding carboxylic acids is 2. The van der Waals surface area contributed by atoms with Gasteiger partial charge in [-0.2, -0.15) is 4.39 Å². The molecule has 1 aromatic heterocycles. The predicted molar refractivity (Wildman–Crippen MR) is 105 cm³/mol. The molecule has 1 atom stereocenters. The Kier molecular flexibility index (Phi) is 7.18. The molecule has 9 nitrogen and oxygen atoms in total. The van der Waals surface area contributed by atoms with E-state index in [9.17, 15) is 19.2 Å². The molecule has 2 amide bonds. The maximum absolute atomic E-state index is 14.8. The second-order valence-electron chi connectivity index (χ2n) is 7.74. The molecule has 0 bridgehead atoms. The summed E-state index contributed by atoms with van der Waals surface area (Å²) in [5.74, 6) is -0.606. The highest BCUT2D eigenvalue weighted by atomic mass is 19.1. The van der Waals surface area contributed by atoms with Gasteiger partial charge in [0.25, 0.3) is 0 Å². The molecule has 160 valence electrons. The molecular formula is C19H29FN6O3. The third-order valence-corrected chi connectivity index (χ3v) is 5.65. The van der Waals surface area contributed by atoms with Crippen molar-refractivity contribution in [1.29, 1.82) is 0 Å². The summed E-state index contributed by atoms with van der Waals surface area (Å²) in [7, 11) is 0. The summed E-state index contributed by atoms with van der Waals surface area (Å²) in [5.41, 5.74) is 5.09. The number of hydrazine groups is 1. The fraction of sp³-hybridized carbons (Fsp3) is 0.684. The van der Waals surface area contributed by atoms with Gasteiger partial charge in [0.1, 0.15) is 5.82 Å². The summed E-state index contributed by atoms with van der Waals surface area (Å²) in [6.07, 6.45) is 6.67. The van der Waals surface area contributed by atoms with E-state index < -0.39 is 17.6 Å². The number of aryl methyl sites for hydroxylation is 1. The number of carbonyl (C=O) groups is 2. The zero-order chi connectivity index (χ0) is 20.8. The van der Waals surface area contributed by atoms with Crippen LogP contribution in [0.2, 0.25) is 0 Å². The van der Waals surface area contributed by atoms with Gasteiger partial charge in [-0.1, -0.05) is 32.6 Å². The first-order valence-electron chi connectivity index (χ1n) is 10.3. The van der Waals surface area contributed by atoms with Crippen molar-refractivity contribution in [2.45, 2.75) is 51.9 Å². The van der Waals surface area contributed by atoms with Crippen molar-refractivity contribution in [1.82, 2.24) is 20.5 Å². The smallest absolute Gasteiger partial charge is 0.243 e. The average Bonchev–Trinajstić information content (AvgIpc) is 3.19. The lowest BCUT2D eigenvalue weighted by atomic mass is 9.92. The highest BCUT2D eigenvalue weighted by Crippen LogP contribution is 2.31. The van der Waals surface area contributed by atoms with E-state index in [0.29, 0.717) is 29.6 Å². The van der Waals surface area contributed by atoms with Gasteiger partial charge in [0, 0.05) is 19.5 Å². The third kappa shape index (κ3) is 5.31. The number of amides is 2. The SMILES string of the molecule is CCc1nc(NNC(=O)[C@@H](CC2CCCC2)CN(O)C=O)c(F)c(N2CCC2)n1. The van der Waals surface area contributed by atoms with Gasteiger partial charge in [-0.3, -0.25) is 25.6 Å². The topological polar surface area (TPSA) is 111 Å². The van der Waals surface area contributed by atoms with Gasteiger partial charge in [0.2, 0.25) is 18.1 Å². The van der Waals surface area contributed by atoms with Crippen LogP contribution in [0.5, 0.6) is 0 Å². The van der Waals surface area contributed by atoms with Crippen molar-refractivity contribution >= 4 is 24.0 Å². The maximum Gasteiger partial charge on any atom is 0.243 e. The Balaban J connectivity index is 1.68. The molecule has 1 saturated carbocycles. The summed E-state index contributed by atoms with van der Waals surface area (Å²) >= 11 is 0. The van der Waals surface area contributed by atoms with Crippen LogP contribution in [0.4, 0.5) is 16.0 Å². The van der Waals surface area contributed by atoms with Gasteiger partial charge < -0.3 is 4.90 Å². The average molecular weight is 408 g/mol. The molecule has 1 aliphatic heterocycles. The minimum Gasteiger partial charge on any atom is -0.354 e. The zero-order valence-electron chi connectivity index (χ0n) is 16.7. The Bertz CT molecular complexity index is 724. The standard InChI is InChI=1S/C19H29FN6O3/c1-2-15-21-17(16(20)18(22-15)25-8-5-9-25)23-24-19(28)14(11-26(29)12-27)10-13-6-3-4-7-13/h12-14,29H,2-11H2,1H3,(H,24,28)(H,21,22,23)/t14-/m0/s1. The van der Waals surface area contributed by atoms with Crippen molar-refractivity contribution in [3.8, 4) is 0 Å². The molecule has 2 fully saturated rings. The van der Waals surface area contributed by atoms with Crippen LogP contribution in [0.3, 0.4) is 0 Å². The van der Waals surface area contributed by atoms with Gasteiger partial charge >= 0.3 is 0 Å². The number of nitrogens with zero attached hydrogens (tertiary/aromatic N) is 4. The second-order valence-corrected chi connectivity index (χ2v) is 7.74. The molecule has 3 rings (SSSR count). The summed E-state index contributed by atoms with van der Waals surface area (Å²) in [6.45, 7) is 3.25. The Labute approximate surface area is 169 Å². The number of hydrogen-bond donors (Lipinski definition) is 3. The van der Waals surface area contributed by atoms with E-state index in [2.05, 4.69) is 20.8 Å². The lowest BCUT2D eigenvalue weighted by Crippen LogP contribution is -2.42. The fourth-order valence-electron chi connectivity index (χ4n) is 3.86. The molecular weight excluding hydrogens is 379 g/mol. The Hall–Kier alpha value is -2.49. The number of nitrogens with one attached hydrogen (secondary N) is 2. The van der Waals surface area contributed by atoms with E-state index in [1.54, 1.807) is 0 Å². The van der Waals surface area contributed by atoms with Crippen molar-refractivity contribution in [2.75, 3.05) is 30.0 Å². The van der Waals surface area contributed by atoms with Crippen molar-refractivity contribution in [3.63, 3.8) is 0 Å². The van der Waals surface area contributed by atoms with Gasteiger partial charge in [0.05, 0.1) is 12.5 Å². The predicted octanol–water partition coefficient (Wildman–Crippen LogP) is 1.88. The van der Waals surface area contributed by atoms with E-state index in [-0.39, 0.29) is 24.6 Å². The molecule has 10 heteroatoms. The molecule has 3 N–H and O–H groups in total. The molecule has 29 heavy (non-hydrogen) atoms. The third-order valence-electron chi connectivity index (χ3n) is 5.65. The highest BCUT2D eigenvalue weighted by Gasteiger charge is 2.28. The molecule has 1 saturated heterocycles. The summed E-state index contributed by atoms with van der Waals surface area (Å²) < 4.78 is 14.8. The Morgan fingerprint density at radius 2 is 2.07 bits per heavy atom. The number of rotatable bonds is 10. The molecule has 0 radical (unpaired) electrons. The summed E-state index contributed by atoms with van der Waals surface area (Å²) in [4.78, 5) is 33.7. The van der Waals surface area contributed by atoms with E-state index in [1.807, 2.05) is 11.8 Å². The van der Waals surface area contributed by atoms with Crippen LogP contribution in [0.25, 0.3) is 0 Å². The molecule has 2 heterocycles. The summed E-state index contributed by atoms with van der Waals surface area (Å²) in [6, 6.07) is 0. The number of hydroxylamine groups is 2. The number of halogens is 1. The summed E-state index contributed by atoms with van der Waals surface area (Å²) in [5, 5.41) is 10.0. The van der Waals surface area contributed by atoms with Gasteiger partial charge in [-0.25, -0.2) is 15.0 Å². The Morgan fingerprint density at radius 1 is 1.34 bits per heavy atom. The minimum atomic E-state index is -0.605. The van der Waals surface area contributed by atoms with Gasteiger partial charge in [-0.15, -0.1) is 0 Å². The monoisotopic (exact) mass is 408 g/mol. The lowest BCUT2D eigenvalue weighted by Gasteiger charge is -2.32. The van der Waals surface area contributed by atoms with Gasteiger partial charge in [-0.05, 0) is 18.8 Å². The van der Waals surface area contributed by atoms with Crippen LogP contribution < -0.4 is 15.8 Å². The quantitative estimate of drug-likeness (QED) is 0.308. The fourth-order valence-corrected chi connectivity index (χ4v) is 3.86. The molecule has 1 aromatic rings. The van der Waals surface area contributed by atoms with E-state index in [0.717, 1.165) is 45.2 Å². The molecule has 0 aromatic carbocycles. The first-order chi connectivity index (χ1) is 14.0. The van der Waals surface area contributed by atoms with Crippen molar-refractivity contribution < 1.29 is 19.2 Å². The van der Waals surface area contributed by atoms with Crippen LogP contribution >= 0.6 is 0 Å². The zero-order valence-corrected chi connectivity index (χ0v) is 16.7. The highest BCUT2D eigenvalue weighted by molar-refractivity contribution is 5.80. The van der Waals surface area contributed by atoms with Crippen LogP contribution in [0, 0.1) is 17.7 Å². The van der Waals surface area contributed by atoms with E-state index in [1.165, 1.54) is 0 Å². The minimum absolute atomic E-state index is 0.0806. The molecule has 0 unspecified atom stereocenters. The van der Waals surface area contributed by atoms with Crippen LogP contribution in [0.1, 0.15) is 51.3 Å². The number of hydrogen-bond acceptors (Lipinski definition) is 7. The van der Waals surface area contributed by atoms with Crippen molar-refractivity contribution in [2.24, 2.45) is 11.8 Å². The lowest BCUT2D eigenvalue weighted by molar-refractivity contribution is -0.154. The molecule has 2 aliphatic rings. The van der Waals surface area contributed by atoms with Crippen molar-refractivity contribution in [3.05, 3.63) is 11.6 Å². The largest absolute Gasteiger partial charge is 0.354 e. The van der Waals surface area contributed by atoms with Gasteiger partial charge in [0.15, 0.2) is 11.6 Å². The normalized spacial score (nSPS) is 17.6.